The summed E-state index contributed by atoms with van der Waals surface area (Å²) in [6.45, 7) is 2.14. The van der Waals surface area contributed by atoms with Crippen molar-refractivity contribution in [1.29, 1.82) is 0 Å². The minimum Gasteiger partial charge on any atom is -0.431 e. The Kier molecular flexibility index (Phi) is 7.11. The van der Waals surface area contributed by atoms with Crippen LogP contribution < -0.4 is 14.8 Å². The molecule has 1 aliphatic rings. The van der Waals surface area contributed by atoms with Crippen LogP contribution in [0.5, 0.6) is 10.9 Å². The zero-order chi connectivity index (χ0) is 23.3. The maximum atomic E-state index is 13.3. The van der Waals surface area contributed by atoms with Gasteiger partial charge in [-0.1, -0.05) is 54.9 Å². The van der Waals surface area contributed by atoms with Crippen LogP contribution in [0.25, 0.3) is 0 Å². The average Bonchev–Trinajstić information content (AvgIpc) is 3.32. The Hall–Kier alpha value is -2.75. The number of carbonyl (C=O) groups is 1. The molecule has 0 bridgehead atoms. The number of nitrogens with zero attached hydrogens (tertiary/aromatic N) is 1. The first-order valence-electron chi connectivity index (χ1n) is 10.9. The molecule has 0 spiro atoms. The van der Waals surface area contributed by atoms with Crippen LogP contribution in [0.2, 0.25) is 0 Å². The molecule has 4 rings (SSSR count). The lowest BCUT2D eigenvalue weighted by Gasteiger charge is -2.36. The molecule has 3 aromatic rings. The van der Waals surface area contributed by atoms with Crippen LogP contribution >= 0.6 is 11.3 Å². The molecule has 174 valence electrons. The number of carbonyl (C=O) groups excluding carboxylic acids is 1. The van der Waals surface area contributed by atoms with E-state index in [1.165, 1.54) is 11.3 Å². The Morgan fingerprint density at radius 2 is 1.88 bits per heavy atom. The Balaban J connectivity index is 1.44. The Morgan fingerprint density at radius 3 is 2.55 bits per heavy atom. The molecule has 1 amide bonds. The van der Waals surface area contributed by atoms with E-state index in [0.29, 0.717) is 30.3 Å². The lowest BCUT2D eigenvalue weighted by atomic mass is 9.82. The van der Waals surface area contributed by atoms with Crippen LogP contribution in [-0.2, 0) is 21.4 Å². The van der Waals surface area contributed by atoms with Gasteiger partial charge in [0.2, 0.25) is 15.9 Å². The van der Waals surface area contributed by atoms with Gasteiger partial charge in [0.1, 0.15) is 11.3 Å². The van der Waals surface area contributed by atoms with E-state index in [4.69, 9.17) is 4.74 Å². The highest BCUT2D eigenvalue weighted by Crippen LogP contribution is 2.31. The molecule has 2 N–H and O–H groups in total. The summed E-state index contributed by atoms with van der Waals surface area (Å²) in [5, 5.41) is 5.35. The smallest absolute Gasteiger partial charge is 0.278 e. The lowest BCUT2D eigenvalue weighted by Crippen LogP contribution is -2.59. The van der Waals surface area contributed by atoms with Gasteiger partial charge in [-0.3, -0.25) is 4.79 Å². The first-order valence-corrected chi connectivity index (χ1v) is 13.3. The van der Waals surface area contributed by atoms with E-state index < -0.39 is 15.6 Å². The number of benzene rings is 2. The number of thiazole rings is 1. The van der Waals surface area contributed by atoms with Crippen LogP contribution in [0.4, 0.5) is 0 Å². The summed E-state index contributed by atoms with van der Waals surface area (Å²) in [4.78, 5) is 17.5. The van der Waals surface area contributed by atoms with Gasteiger partial charge < -0.3 is 10.1 Å². The van der Waals surface area contributed by atoms with Crippen molar-refractivity contribution in [2.24, 2.45) is 0 Å². The standard InChI is InChI=1S/C24H27N3O4S2/c1-18-6-5-7-21(16-18)33(29,30)27-24(12-3-2-4-13-24)22(28)26-17-19-8-10-20(11-9-19)31-23-25-14-15-32-23/h5-11,14-16,27H,2-4,12-13,17H2,1H3,(H,26,28). The Labute approximate surface area is 198 Å². The third-order valence-electron chi connectivity index (χ3n) is 5.76. The maximum Gasteiger partial charge on any atom is 0.278 e. The van der Waals surface area contributed by atoms with E-state index in [9.17, 15) is 13.2 Å². The third-order valence-corrected chi connectivity index (χ3v) is 7.94. The molecule has 0 atom stereocenters. The fraction of sp³-hybridized carbons (Fsp3) is 0.333. The van der Waals surface area contributed by atoms with E-state index in [1.54, 1.807) is 24.4 Å². The topological polar surface area (TPSA) is 97.4 Å². The zero-order valence-corrected chi connectivity index (χ0v) is 20.0. The highest BCUT2D eigenvalue weighted by atomic mass is 32.2. The molecular weight excluding hydrogens is 458 g/mol. The molecule has 0 unspecified atom stereocenters. The van der Waals surface area contributed by atoms with Gasteiger partial charge in [0.05, 0.1) is 4.90 Å². The van der Waals surface area contributed by atoms with Gasteiger partial charge in [0.15, 0.2) is 0 Å². The van der Waals surface area contributed by atoms with Crippen molar-refractivity contribution in [3.05, 3.63) is 71.2 Å². The summed E-state index contributed by atoms with van der Waals surface area (Å²) < 4.78 is 34.6. The van der Waals surface area contributed by atoms with E-state index >= 15 is 0 Å². The highest BCUT2D eigenvalue weighted by Gasteiger charge is 2.43. The van der Waals surface area contributed by atoms with E-state index in [2.05, 4.69) is 15.0 Å². The van der Waals surface area contributed by atoms with Crippen molar-refractivity contribution in [1.82, 2.24) is 15.0 Å². The van der Waals surface area contributed by atoms with Gasteiger partial charge >= 0.3 is 0 Å². The predicted molar refractivity (Wildman–Crippen MR) is 128 cm³/mol. The number of sulfonamides is 1. The summed E-state index contributed by atoms with van der Waals surface area (Å²) in [5.41, 5.74) is 0.596. The molecule has 1 saturated carbocycles. The molecule has 0 aliphatic heterocycles. The van der Waals surface area contributed by atoms with Crippen molar-refractivity contribution in [2.75, 3.05) is 0 Å². The Bertz CT molecular complexity index is 1190. The maximum absolute atomic E-state index is 13.3. The number of nitrogens with one attached hydrogen (secondary N) is 2. The highest BCUT2D eigenvalue weighted by molar-refractivity contribution is 7.89. The summed E-state index contributed by atoms with van der Waals surface area (Å²) in [5.74, 6) is 0.372. The van der Waals surface area contributed by atoms with Crippen LogP contribution in [0.15, 0.2) is 65.0 Å². The van der Waals surface area contributed by atoms with Crippen molar-refractivity contribution in [3.8, 4) is 10.9 Å². The number of rotatable bonds is 8. The van der Waals surface area contributed by atoms with Crippen LogP contribution in [0.3, 0.4) is 0 Å². The Morgan fingerprint density at radius 1 is 1.12 bits per heavy atom. The summed E-state index contributed by atoms with van der Waals surface area (Å²) in [6.07, 6.45) is 5.22. The van der Waals surface area contributed by atoms with E-state index in [-0.39, 0.29) is 10.8 Å². The van der Waals surface area contributed by atoms with Gasteiger partial charge in [-0.05, 0) is 55.2 Å². The molecule has 0 radical (unpaired) electrons. The van der Waals surface area contributed by atoms with Crippen molar-refractivity contribution in [2.45, 2.75) is 56.0 Å². The first kappa shape index (κ1) is 23.4. The molecule has 1 aliphatic carbocycles. The van der Waals surface area contributed by atoms with Crippen LogP contribution in [-0.4, -0.2) is 24.8 Å². The van der Waals surface area contributed by atoms with Gasteiger partial charge in [-0.2, -0.15) is 4.72 Å². The van der Waals surface area contributed by atoms with Crippen LogP contribution in [0.1, 0.15) is 43.2 Å². The van der Waals surface area contributed by atoms with Crippen molar-refractivity contribution >= 4 is 27.3 Å². The second-order valence-electron chi connectivity index (χ2n) is 8.29. The number of hydrogen-bond acceptors (Lipinski definition) is 6. The zero-order valence-electron chi connectivity index (χ0n) is 18.4. The number of amides is 1. The largest absolute Gasteiger partial charge is 0.431 e. The molecule has 1 aromatic heterocycles. The molecule has 1 fully saturated rings. The van der Waals surface area contributed by atoms with Crippen LogP contribution in [0, 0.1) is 6.92 Å². The van der Waals surface area contributed by atoms with Crippen molar-refractivity contribution < 1.29 is 17.9 Å². The lowest BCUT2D eigenvalue weighted by molar-refractivity contribution is -0.128. The number of aromatic nitrogens is 1. The molecule has 0 saturated heterocycles. The summed E-state index contributed by atoms with van der Waals surface area (Å²) in [7, 11) is -3.83. The van der Waals surface area contributed by atoms with Gasteiger partial charge in [0, 0.05) is 18.1 Å². The summed E-state index contributed by atoms with van der Waals surface area (Å²) in [6, 6.07) is 14.1. The minimum absolute atomic E-state index is 0.177. The minimum atomic E-state index is -3.83. The molecule has 2 aromatic carbocycles. The average molecular weight is 486 g/mol. The summed E-state index contributed by atoms with van der Waals surface area (Å²) >= 11 is 1.41. The van der Waals surface area contributed by atoms with Crippen molar-refractivity contribution in [3.63, 3.8) is 0 Å². The molecule has 9 heteroatoms. The molecular formula is C24H27N3O4S2. The fourth-order valence-electron chi connectivity index (χ4n) is 4.02. The SMILES string of the molecule is Cc1cccc(S(=O)(=O)NC2(C(=O)NCc3ccc(Oc4nccs4)cc3)CCCCC2)c1. The van der Waals surface area contributed by atoms with E-state index in [0.717, 1.165) is 30.4 Å². The molecule has 7 nitrogen and oxygen atoms in total. The third kappa shape index (κ3) is 5.79. The monoisotopic (exact) mass is 485 g/mol. The number of hydrogen-bond donors (Lipinski definition) is 2. The number of ether oxygens (including phenoxy) is 1. The van der Waals surface area contributed by atoms with Gasteiger partial charge in [-0.15, -0.1) is 0 Å². The first-order chi connectivity index (χ1) is 15.9. The second kappa shape index (κ2) is 10.0. The van der Waals surface area contributed by atoms with E-state index in [1.807, 2.05) is 42.6 Å². The van der Waals surface area contributed by atoms with Gasteiger partial charge in [0.25, 0.3) is 5.19 Å². The second-order valence-corrected chi connectivity index (χ2v) is 10.8. The fourth-order valence-corrected chi connectivity index (χ4v) is 6.05. The number of aryl methyl sites for hydroxylation is 1. The normalized spacial score (nSPS) is 15.7. The molecule has 33 heavy (non-hydrogen) atoms. The molecule has 1 heterocycles. The van der Waals surface area contributed by atoms with Gasteiger partial charge in [-0.25, -0.2) is 13.4 Å². The quantitative estimate of drug-likeness (QED) is 0.488. The predicted octanol–water partition coefficient (Wildman–Crippen LogP) is 4.54.